The van der Waals surface area contributed by atoms with Gasteiger partial charge in [0.1, 0.15) is 12.0 Å². The lowest BCUT2D eigenvalue weighted by atomic mass is 9.73. The number of rotatable bonds is 1. The number of likely N-dealkylation sites (tertiary alicyclic amines) is 1. The molecule has 24 heavy (non-hydrogen) atoms. The van der Waals surface area contributed by atoms with Crippen molar-refractivity contribution in [1.82, 2.24) is 9.80 Å². The standard InChI is InChI=1S/C20H26N2O2/c23-19(22-12-11-20(16-22)9-5-2-6-10-20)21-13-14-24-18(15-21)17-7-3-1-4-8-17/h1,3,7,13-15H,2,4-6,8-12,16H2. The molecule has 0 unspecified atom stereocenters. The third-order valence-corrected chi connectivity index (χ3v) is 5.85. The summed E-state index contributed by atoms with van der Waals surface area (Å²) in [6.07, 6.45) is 21.2. The molecule has 4 rings (SSSR count). The molecule has 1 spiro atoms. The van der Waals surface area contributed by atoms with Crippen molar-refractivity contribution in [3.05, 3.63) is 48.2 Å². The van der Waals surface area contributed by atoms with Crippen molar-refractivity contribution in [3.63, 3.8) is 0 Å². The van der Waals surface area contributed by atoms with Crippen LogP contribution in [0.5, 0.6) is 0 Å². The average molecular weight is 326 g/mol. The summed E-state index contributed by atoms with van der Waals surface area (Å²) in [6, 6.07) is 0.0847. The first-order chi connectivity index (χ1) is 11.8. The maximum atomic E-state index is 12.9. The van der Waals surface area contributed by atoms with Gasteiger partial charge >= 0.3 is 6.03 Å². The third-order valence-electron chi connectivity index (χ3n) is 5.85. The monoisotopic (exact) mass is 326 g/mol. The van der Waals surface area contributed by atoms with E-state index in [9.17, 15) is 4.79 Å². The van der Waals surface area contributed by atoms with Crippen LogP contribution in [0.1, 0.15) is 51.4 Å². The van der Waals surface area contributed by atoms with E-state index in [1.54, 1.807) is 17.4 Å². The summed E-state index contributed by atoms with van der Waals surface area (Å²) < 4.78 is 5.64. The van der Waals surface area contributed by atoms with Crippen molar-refractivity contribution in [2.45, 2.75) is 51.4 Å². The van der Waals surface area contributed by atoms with Gasteiger partial charge in [0.05, 0.1) is 6.20 Å². The van der Waals surface area contributed by atoms with Gasteiger partial charge in [-0.15, -0.1) is 0 Å². The largest absolute Gasteiger partial charge is 0.462 e. The number of nitrogens with zero attached hydrogens (tertiary/aromatic N) is 2. The van der Waals surface area contributed by atoms with Gasteiger partial charge in [0.15, 0.2) is 0 Å². The summed E-state index contributed by atoms with van der Waals surface area (Å²) in [7, 11) is 0. The Morgan fingerprint density at radius 1 is 1.17 bits per heavy atom. The summed E-state index contributed by atoms with van der Waals surface area (Å²) in [5.41, 5.74) is 1.55. The second-order valence-corrected chi connectivity index (χ2v) is 7.48. The van der Waals surface area contributed by atoms with Gasteiger partial charge in [0.25, 0.3) is 0 Å². The third kappa shape index (κ3) is 3.02. The highest BCUT2D eigenvalue weighted by Crippen LogP contribution is 2.44. The Bertz CT molecular complexity index is 624. The topological polar surface area (TPSA) is 32.8 Å². The number of ether oxygens (including phenoxy) is 1. The summed E-state index contributed by atoms with van der Waals surface area (Å²) in [5, 5.41) is 0. The first-order valence-electron chi connectivity index (χ1n) is 9.24. The fourth-order valence-corrected chi connectivity index (χ4v) is 4.43. The van der Waals surface area contributed by atoms with Crippen LogP contribution in [-0.2, 0) is 4.74 Å². The van der Waals surface area contributed by atoms with Gasteiger partial charge < -0.3 is 9.64 Å². The van der Waals surface area contributed by atoms with E-state index in [1.807, 2.05) is 11.1 Å². The first-order valence-corrected chi connectivity index (χ1v) is 9.24. The van der Waals surface area contributed by atoms with Crippen molar-refractivity contribution < 1.29 is 9.53 Å². The second-order valence-electron chi connectivity index (χ2n) is 7.48. The van der Waals surface area contributed by atoms with Gasteiger partial charge in [0.2, 0.25) is 0 Å². The van der Waals surface area contributed by atoms with Crippen molar-refractivity contribution in [2.75, 3.05) is 13.1 Å². The van der Waals surface area contributed by atoms with Crippen molar-refractivity contribution in [1.29, 1.82) is 0 Å². The Hall–Kier alpha value is -1.97. The highest BCUT2D eigenvalue weighted by atomic mass is 16.5. The van der Waals surface area contributed by atoms with E-state index in [-0.39, 0.29) is 6.03 Å². The second kappa shape index (κ2) is 6.50. The van der Waals surface area contributed by atoms with E-state index in [1.165, 1.54) is 38.5 Å². The molecule has 0 aromatic heterocycles. The normalized spacial score (nSPS) is 25.5. The minimum Gasteiger partial charge on any atom is -0.462 e. The molecule has 4 heteroatoms. The number of allylic oxidation sites excluding steroid dienone is 4. The molecule has 4 aliphatic rings. The molecule has 4 nitrogen and oxygen atoms in total. The van der Waals surface area contributed by atoms with Crippen LogP contribution in [0.15, 0.2) is 48.2 Å². The van der Waals surface area contributed by atoms with Gasteiger partial charge in [-0.25, -0.2) is 4.79 Å². The highest BCUT2D eigenvalue weighted by molar-refractivity contribution is 5.77. The molecular weight excluding hydrogens is 300 g/mol. The zero-order chi connectivity index (χ0) is 16.4. The first kappa shape index (κ1) is 15.6. The molecule has 0 radical (unpaired) electrons. The molecule has 0 atom stereocenters. The molecule has 1 saturated heterocycles. The Labute approximate surface area is 144 Å². The van der Waals surface area contributed by atoms with Crippen LogP contribution in [-0.4, -0.2) is 28.9 Å². The van der Waals surface area contributed by atoms with E-state index in [0.29, 0.717) is 5.41 Å². The van der Waals surface area contributed by atoms with Crippen molar-refractivity contribution in [2.24, 2.45) is 5.41 Å². The van der Waals surface area contributed by atoms with E-state index in [4.69, 9.17) is 4.74 Å². The van der Waals surface area contributed by atoms with E-state index in [2.05, 4.69) is 18.2 Å². The fraction of sp³-hybridized carbons (Fsp3) is 0.550. The van der Waals surface area contributed by atoms with Gasteiger partial charge in [-0.05, 0) is 43.1 Å². The molecule has 2 aliphatic heterocycles. The summed E-state index contributed by atoms with van der Waals surface area (Å²) in [4.78, 5) is 16.6. The van der Waals surface area contributed by atoms with Crippen LogP contribution >= 0.6 is 0 Å². The Morgan fingerprint density at radius 3 is 2.83 bits per heavy atom. The minimum absolute atomic E-state index is 0.0847. The highest BCUT2D eigenvalue weighted by Gasteiger charge is 2.41. The van der Waals surface area contributed by atoms with Crippen LogP contribution < -0.4 is 0 Å². The average Bonchev–Trinajstić information content (AvgIpc) is 3.06. The molecular formula is C20H26N2O2. The zero-order valence-electron chi connectivity index (χ0n) is 14.2. The van der Waals surface area contributed by atoms with Crippen LogP contribution in [0.25, 0.3) is 0 Å². The van der Waals surface area contributed by atoms with Crippen LogP contribution in [0.4, 0.5) is 4.79 Å². The Balaban J connectivity index is 1.45. The predicted octanol–water partition coefficient (Wildman–Crippen LogP) is 4.68. The molecule has 0 aromatic carbocycles. The summed E-state index contributed by atoms with van der Waals surface area (Å²) >= 11 is 0. The predicted molar refractivity (Wildman–Crippen MR) is 93.7 cm³/mol. The van der Waals surface area contributed by atoms with Crippen molar-refractivity contribution >= 4 is 6.03 Å². The quantitative estimate of drug-likeness (QED) is 0.700. The van der Waals surface area contributed by atoms with E-state index < -0.39 is 0 Å². The lowest BCUT2D eigenvalue weighted by molar-refractivity contribution is 0.163. The number of carbonyl (C=O) groups is 1. The minimum atomic E-state index is 0.0847. The molecule has 0 aromatic rings. The molecule has 128 valence electrons. The zero-order valence-corrected chi connectivity index (χ0v) is 14.2. The summed E-state index contributed by atoms with van der Waals surface area (Å²) in [6.45, 7) is 1.81. The lowest BCUT2D eigenvalue weighted by Crippen LogP contribution is -2.39. The van der Waals surface area contributed by atoms with Gasteiger partial charge in [-0.3, -0.25) is 4.90 Å². The lowest BCUT2D eigenvalue weighted by Gasteiger charge is -2.33. The molecule has 2 fully saturated rings. The van der Waals surface area contributed by atoms with E-state index in [0.717, 1.165) is 37.3 Å². The number of urea groups is 1. The van der Waals surface area contributed by atoms with Crippen LogP contribution in [0.3, 0.4) is 0 Å². The molecule has 0 bridgehead atoms. The SMILES string of the molecule is O=C(N1C=COC(C2=CC=CCC2)=C1)N1CCC2(CCCCC2)C1. The van der Waals surface area contributed by atoms with E-state index >= 15 is 0 Å². The summed E-state index contributed by atoms with van der Waals surface area (Å²) in [5.74, 6) is 0.793. The number of carbonyl (C=O) groups excluding carboxylic acids is 1. The number of amides is 2. The molecule has 2 aliphatic carbocycles. The van der Waals surface area contributed by atoms with Gasteiger partial charge in [-0.2, -0.15) is 0 Å². The van der Waals surface area contributed by atoms with Crippen molar-refractivity contribution in [3.8, 4) is 0 Å². The number of hydrogen-bond acceptors (Lipinski definition) is 2. The fourth-order valence-electron chi connectivity index (χ4n) is 4.43. The molecule has 2 amide bonds. The maximum absolute atomic E-state index is 12.9. The van der Waals surface area contributed by atoms with Gasteiger partial charge in [0, 0.05) is 19.3 Å². The Kier molecular flexibility index (Phi) is 4.21. The molecule has 1 saturated carbocycles. The molecule has 0 N–H and O–H groups in total. The molecule has 2 heterocycles. The van der Waals surface area contributed by atoms with Gasteiger partial charge in [-0.1, -0.05) is 37.5 Å². The number of hydrogen-bond donors (Lipinski definition) is 0. The smallest absolute Gasteiger partial charge is 0.328 e. The maximum Gasteiger partial charge on any atom is 0.328 e. The van der Waals surface area contributed by atoms with Crippen LogP contribution in [0.2, 0.25) is 0 Å². The Morgan fingerprint density at radius 2 is 2.04 bits per heavy atom. The van der Waals surface area contributed by atoms with Crippen LogP contribution in [0, 0.1) is 5.41 Å².